The van der Waals surface area contributed by atoms with E-state index in [1.165, 1.54) is 64.8 Å². The Morgan fingerprint density at radius 1 is 1.11 bits per heavy atom. The smallest absolute Gasteiger partial charge is 0.243 e. The average molecular weight is 513 g/mol. The van der Waals surface area contributed by atoms with E-state index < -0.39 is 0 Å². The Morgan fingerprint density at radius 2 is 1.86 bits per heavy atom. The fourth-order valence-corrected chi connectivity index (χ4v) is 5.19. The van der Waals surface area contributed by atoms with Gasteiger partial charge in [0.2, 0.25) is 11.8 Å². The van der Waals surface area contributed by atoms with Crippen molar-refractivity contribution in [3.8, 4) is 5.75 Å². The van der Waals surface area contributed by atoms with Gasteiger partial charge >= 0.3 is 0 Å². The van der Waals surface area contributed by atoms with Crippen molar-refractivity contribution in [2.45, 2.75) is 64.2 Å². The standard InChI is InChI=1S/C15H18N2O2S.C14H26N2/c1-3-12(2)15-17-16-14(19-15)11-20-10-9-18-13-7-5-4-6-8-13;1-2-3-9-15-12-7-14(8-13-15)16-10-5-4-6-11-16/h3-8H,9-11H2,1-2H3;2,14H,1,3-13H2/b12-3+;. The second kappa shape index (κ2) is 16.6. The van der Waals surface area contributed by atoms with Crippen molar-refractivity contribution in [1.82, 2.24) is 20.0 Å². The van der Waals surface area contributed by atoms with Crippen molar-refractivity contribution in [2.24, 2.45) is 0 Å². The maximum atomic E-state index is 5.61. The average Bonchev–Trinajstić information content (AvgIpc) is 3.42. The fourth-order valence-electron chi connectivity index (χ4n) is 4.55. The van der Waals surface area contributed by atoms with Crippen molar-refractivity contribution in [3.05, 3.63) is 60.8 Å². The first kappa shape index (κ1) is 28.5. The van der Waals surface area contributed by atoms with E-state index in [9.17, 15) is 0 Å². The van der Waals surface area contributed by atoms with Crippen molar-refractivity contribution >= 4 is 17.3 Å². The number of benzene rings is 1. The van der Waals surface area contributed by atoms with Crippen molar-refractivity contribution in [1.29, 1.82) is 0 Å². The van der Waals surface area contributed by atoms with Crippen LogP contribution >= 0.6 is 11.8 Å². The maximum absolute atomic E-state index is 5.61. The summed E-state index contributed by atoms with van der Waals surface area (Å²) in [6.45, 7) is 14.9. The van der Waals surface area contributed by atoms with Crippen LogP contribution in [0.3, 0.4) is 0 Å². The number of piperidine rings is 2. The molecule has 2 fully saturated rings. The van der Waals surface area contributed by atoms with Gasteiger partial charge in [-0.1, -0.05) is 36.8 Å². The van der Waals surface area contributed by atoms with Gasteiger partial charge < -0.3 is 19.0 Å². The predicted octanol–water partition coefficient (Wildman–Crippen LogP) is 6.32. The van der Waals surface area contributed by atoms with Gasteiger partial charge in [-0.3, -0.25) is 0 Å². The predicted molar refractivity (Wildman–Crippen MR) is 151 cm³/mol. The summed E-state index contributed by atoms with van der Waals surface area (Å²) in [6.07, 6.45) is 12.2. The molecule has 36 heavy (non-hydrogen) atoms. The van der Waals surface area contributed by atoms with Gasteiger partial charge in [-0.05, 0) is 84.3 Å². The Morgan fingerprint density at radius 3 is 2.56 bits per heavy atom. The highest BCUT2D eigenvalue weighted by Crippen LogP contribution is 2.21. The highest BCUT2D eigenvalue weighted by atomic mass is 32.2. The second-order valence-electron chi connectivity index (χ2n) is 9.43. The molecule has 0 saturated carbocycles. The summed E-state index contributed by atoms with van der Waals surface area (Å²) < 4.78 is 11.2. The molecule has 0 radical (unpaired) electrons. The lowest BCUT2D eigenvalue weighted by Gasteiger charge is -2.40. The fraction of sp³-hybridized carbons (Fsp3) is 0.586. The van der Waals surface area contributed by atoms with Gasteiger partial charge in [-0.25, -0.2) is 0 Å². The molecule has 4 rings (SSSR count). The van der Waals surface area contributed by atoms with Crippen molar-refractivity contribution < 1.29 is 9.15 Å². The first-order chi connectivity index (χ1) is 17.7. The largest absolute Gasteiger partial charge is 0.493 e. The number of aromatic nitrogens is 2. The molecule has 2 aliphatic heterocycles. The zero-order valence-electron chi connectivity index (χ0n) is 22.2. The number of nitrogens with zero attached hydrogens (tertiary/aromatic N) is 4. The SMILES string of the molecule is C/C=C(\C)c1nnc(CSCCOc2ccccc2)o1.C=CCCN1CCC(N2CCCCC2)CC1. The lowest BCUT2D eigenvalue weighted by molar-refractivity contribution is 0.0934. The van der Waals surface area contributed by atoms with Crippen LogP contribution in [0.2, 0.25) is 0 Å². The Hall–Kier alpha value is -2.09. The van der Waals surface area contributed by atoms with E-state index in [1.54, 1.807) is 11.8 Å². The van der Waals surface area contributed by atoms with E-state index >= 15 is 0 Å². The van der Waals surface area contributed by atoms with E-state index in [0.717, 1.165) is 29.5 Å². The van der Waals surface area contributed by atoms with Gasteiger partial charge in [0.25, 0.3) is 0 Å². The highest BCUT2D eigenvalue weighted by Gasteiger charge is 2.24. The molecule has 1 aromatic heterocycles. The molecule has 198 valence electrons. The highest BCUT2D eigenvalue weighted by molar-refractivity contribution is 7.98. The van der Waals surface area contributed by atoms with E-state index in [4.69, 9.17) is 9.15 Å². The van der Waals surface area contributed by atoms with Gasteiger partial charge in [0.05, 0.1) is 12.4 Å². The summed E-state index contributed by atoms with van der Waals surface area (Å²) in [7, 11) is 0. The normalized spacial score (nSPS) is 17.9. The van der Waals surface area contributed by atoms with Crippen LogP contribution in [0.5, 0.6) is 5.75 Å². The molecule has 2 aromatic rings. The van der Waals surface area contributed by atoms with E-state index in [0.29, 0.717) is 24.1 Å². The quantitative estimate of drug-likeness (QED) is 0.258. The van der Waals surface area contributed by atoms with E-state index in [2.05, 4.69) is 26.6 Å². The number of rotatable bonds is 11. The van der Waals surface area contributed by atoms with Crippen molar-refractivity contribution in [3.63, 3.8) is 0 Å². The molecule has 0 spiro atoms. The summed E-state index contributed by atoms with van der Waals surface area (Å²) in [5.41, 5.74) is 1.00. The molecule has 7 heteroatoms. The molecular formula is C29H44N4O2S. The minimum absolute atomic E-state index is 0.601. The van der Waals surface area contributed by atoms with Crippen LogP contribution in [-0.4, -0.2) is 71.1 Å². The van der Waals surface area contributed by atoms with Gasteiger partial charge in [-0.15, -0.1) is 28.5 Å². The van der Waals surface area contributed by atoms with Crippen LogP contribution in [-0.2, 0) is 5.75 Å². The number of ether oxygens (including phenoxy) is 1. The van der Waals surface area contributed by atoms with Crippen LogP contribution < -0.4 is 4.74 Å². The summed E-state index contributed by atoms with van der Waals surface area (Å²) >= 11 is 1.72. The molecular weight excluding hydrogens is 468 g/mol. The van der Waals surface area contributed by atoms with Crippen molar-refractivity contribution in [2.75, 3.05) is 45.1 Å². The topological polar surface area (TPSA) is 54.6 Å². The number of thioether (sulfide) groups is 1. The minimum atomic E-state index is 0.601. The van der Waals surface area contributed by atoms with Crippen LogP contribution in [0.25, 0.3) is 5.57 Å². The van der Waals surface area contributed by atoms with Crippen LogP contribution in [0, 0.1) is 0 Å². The zero-order chi connectivity index (χ0) is 25.4. The monoisotopic (exact) mass is 512 g/mol. The lowest BCUT2D eigenvalue weighted by Crippen LogP contribution is -2.46. The lowest BCUT2D eigenvalue weighted by atomic mass is 10.00. The molecule has 0 atom stereocenters. The molecule has 2 saturated heterocycles. The van der Waals surface area contributed by atoms with E-state index in [-0.39, 0.29) is 0 Å². The van der Waals surface area contributed by atoms with Crippen LogP contribution in [0.15, 0.2) is 53.5 Å². The van der Waals surface area contributed by atoms with Gasteiger partial charge in [0, 0.05) is 23.9 Å². The molecule has 1 aromatic carbocycles. The Balaban J connectivity index is 0.000000205. The van der Waals surface area contributed by atoms with Gasteiger partial charge in [-0.2, -0.15) is 0 Å². The summed E-state index contributed by atoms with van der Waals surface area (Å²) in [6, 6.07) is 10.7. The first-order valence-corrected chi connectivity index (χ1v) is 14.6. The third kappa shape index (κ3) is 10.1. The maximum Gasteiger partial charge on any atom is 0.243 e. The van der Waals surface area contributed by atoms with E-state index in [1.807, 2.05) is 56.3 Å². The minimum Gasteiger partial charge on any atom is -0.493 e. The molecule has 2 aliphatic rings. The summed E-state index contributed by atoms with van der Waals surface area (Å²) in [5.74, 6) is 3.75. The number of para-hydroxylation sites is 1. The molecule has 6 nitrogen and oxygen atoms in total. The van der Waals surface area contributed by atoms with Crippen LogP contribution in [0.4, 0.5) is 0 Å². The number of hydrogen-bond donors (Lipinski definition) is 0. The summed E-state index contributed by atoms with van der Waals surface area (Å²) in [4.78, 5) is 5.34. The number of hydrogen-bond acceptors (Lipinski definition) is 7. The molecule has 3 heterocycles. The third-order valence-corrected chi connectivity index (χ3v) is 7.72. The van der Waals surface area contributed by atoms with Gasteiger partial charge in [0.15, 0.2) is 0 Å². The number of likely N-dealkylation sites (tertiary alicyclic amines) is 2. The Kier molecular flexibility index (Phi) is 13.1. The van der Waals surface area contributed by atoms with Gasteiger partial charge in [0.1, 0.15) is 5.75 Å². The second-order valence-corrected chi connectivity index (χ2v) is 10.5. The zero-order valence-corrected chi connectivity index (χ0v) is 23.1. The third-order valence-electron chi connectivity index (χ3n) is 6.82. The molecule has 0 bridgehead atoms. The molecule has 0 unspecified atom stereocenters. The molecule has 0 N–H and O–H groups in total. The number of allylic oxidation sites excluding steroid dienone is 2. The van der Waals surface area contributed by atoms with Crippen LogP contribution in [0.1, 0.15) is 64.2 Å². The molecule has 0 amide bonds. The Bertz CT molecular complexity index is 888. The molecule has 0 aliphatic carbocycles. The first-order valence-electron chi connectivity index (χ1n) is 13.5. The summed E-state index contributed by atoms with van der Waals surface area (Å²) in [5, 5.41) is 8.03. The Labute approximate surface area is 222 Å².